The van der Waals surface area contributed by atoms with E-state index in [-0.39, 0.29) is 5.91 Å². The van der Waals surface area contributed by atoms with Gasteiger partial charge in [-0.25, -0.2) is 0 Å². The maximum Gasteiger partial charge on any atom is 0.219 e. The molecule has 0 atom stereocenters. The minimum atomic E-state index is 0.204. The standard InChI is InChI=1S/C26H33N3OS2/c1-4-20-21-7-10-29(19(3)30)16-26(21)32-25(20)8-9-27-11-13-28(14-12-27)23-17-31-24-6-5-18(2)15-22(23)24/h5-6,15,17H,4,7-14,16H2,1-3H3. The second-order valence-electron chi connectivity index (χ2n) is 9.15. The van der Waals surface area contributed by atoms with Crippen LogP contribution < -0.4 is 4.90 Å². The summed E-state index contributed by atoms with van der Waals surface area (Å²) in [6.45, 7) is 13.5. The molecule has 0 aliphatic carbocycles. The lowest BCUT2D eigenvalue weighted by Crippen LogP contribution is -2.46. The van der Waals surface area contributed by atoms with Gasteiger partial charge in [-0.2, -0.15) is 0 Å². The van der Waals surface area contributed by atoms with Crippen LogP contribution in [-0.4, -0.2) is 55.0 Å². The quantitative estimate of drug-likeness (QED) is 0.522. The van der Waals surface area contributed by atoms with Gasteiger partial charge in [-0.3, -0.25) is 9.69 Å². The number of aryl methyl sites for hydroxylation is 1. The molecular weight excluding hydrogens is 434 g/mol. The van der Waals surface area contributed by atoms with Crippen molar-refractivity contribution < 1.29 is 4.79 Å². The summed E-state index contributed by atoms with van der Waals surface area (Å²) >= 11 is 3.83. The number of benzene rings is 1. The first-order valence-electron chi connectivity index (χ1n) is 11.9. The zero-order chi connectivity index (χ0) is 22.2. The molecule has 0 unspecified atom stereocenters. The molecule has 0 bridgehead atoms. The van der Waals surface area contributed by atoms with Gasteiger partial charge < -0.3 is 9.80 Å². The fourth-order valence-electron chi connectivity index (χ4n) is 5.25. The normalized spacial score (nSPS) is 17.2. The van der Waals surface area contributed by atoms with Gasteiger partial charge in [0.1, 0.15) is 0 Å². The Morgan fingerprint density at radius 1 is 1.12 bits per heavy atom. The van der Waals surface area contributed by atoms with E-state index in [9.17, 15) is 4.79 Å². The zero-order valence-corrected chi connectivity index (χ0v) is 21.1. The van der Waals surface area contributed by atoms with Crippen LogP contribution in [-0.2, 0) is 30.6 Å². The van der Waals surface area contributed by atoms with Crippen molar-refractivity contribution in [2.45, 2.75) is 46.6 Å². The van der Waals surface area contributed by atoms with E-state index in [0.29, 0.717) is 0 Å². The number of thiophene rings is 2. The number of anilines is 1. The Labute approximate surface area is 199 Å². The van der Waals surface area contributed by atoms with Crippen LogP contribution in [0.4, 0.5) is 5.69 Å². The maximum absolute atomic E-state index is 11.8. The fourth-order valence-corrected chi connectivity index (χ4v) is 7.66. The minimum Gasteiger partial charge on any atom is -0.368 e. The zero-order valence-electron chi connectivity index (χ0n) is 19.4. The predicted octanol–water partition coefficient (Wildman–Crippen LogP) is 5.10. The van der Waals surface area contributed by atoms with E-state index in [1.807, 2.05) is 27.6 Å². The second-order valence-corrected chi connectivity index (χ2v) is 11.2. The smallest absolute Gasteiger partial charge is 0.219 e. The van der Waals surface area contributed by atoms with Crippen LogP contribution in [0, 0.1) is 6.92 Å². The number of nitrogens with zero attached hydrogens (tertiary/aromatic N) is 3. The summed E-state index contributed by atoms with van der Waals surface area (Å²) in [5, 5.41) is 3.76. The number of amides is 1. The molecule has 6 heteroatoms. The Kier molecular flexibility index (Phi) is 6.28. The van der Waals surface area contributed by atoms with Gasteiger partial charge in [-0.1, -0.05) is 18.6 Å². The van der Waals surface area contributed by atoms with E-state index in [1.54, 1.807) is 22.9 Å². The first kappa shape index (κ1) is 21.9. The monoisotopic (exact) mass is 467 g/mol. The van der Waals surface area contributed by atoms with Gasteiger partial charge in [0.25, 0.3) is 0 Å². The molecule has 170 valence electrons. The van der Waals surface area contributed by atoms with Crippen molar-refractivity contribution in [3.05, 3.63) is 50.0 Å². The van der Waals surface area contributed by atoms with Crippen molar-refractivity contribution in [1.29, 1.82) is 0 Å². The second kappa shape index (κ2) is 9.16. The molecule has 4 nitrogen and oxygen atoms in total. The number of carbonyl (C=O) groups is 1. The Morgan fingerprint density at radius 3 is 2.69 bits per heavy atom. The van der Waals surface area contributed by atoms with Crippen molar-refractivity contribution in [1.82, 2.24) is 9.80 Å². The highest BCUT2D eigenvalue weighted by Crippen LogP contribution is 2.35. The number of fused-ring (bicyclic) bond motifs is 2. The lowest BCUT2D eigenvalue weighted by atomic mass is 9.99. The van der Waals surface area contributed by atoms with Gasteiger partial charge in [0.15, 0.2) is 0 Å². The SMILES string of the molecule is CCc1c(CCN2CCN(c3csc4ccc(C)cc34)CC2)sc2c1CCN(C(C)=O)C2. The van der Waals surface area contributed by atoms with Gasteiger partial charge in [0, 0.05) is 71.4 Å². The van der Waals surface area contributed by atoms with E-state index in [1.165, 1.54) is 26.2 Å². The van der Waals surface area contributed by atoms with Crippen LogP contribution in [0.5, 0.6) is 0 Å². The van der Waals surface area contributed by atoms with Crippen molar-refractivity contribution in [2.24, 2.45) is 0 Å². The molecule has 1 aromatic carbocycles. The topological polar surface area (TPSA) is 26.8 Å². The third-order valence-electron chi connectivity index (χ3n) is 7.13. The predicted molar refractivity (Wildman–Crippen MR) is 137 cm³/mol. The summed E-state index contributed by atoms with van der Waals surface area (Å²) < 4.78 is 1.39. The van der Waals surface area contributed by atoms with Crippen LogP contribution in [0.25, 0.3) is 10.1 Å². The van der Waals surface area contributed by atoms with E-state index < -0.39 is 0 Å². The molecule has 2 aromatic heterocycles. The Morgan fingerprint density at radius 2 is 1.94 bits per heavy atom. The summed E-state index contributed by atoms with van der Waals surface area (Å²) in [5.74, 6) is 0.204. The molecule has 1 saturated heterocycles. The highest BCUT2D eigenvalue weighted by atomic mass is 32.1. The molecule has 0 N–H and O–H groups in total. The summed E-state index contributed by atoms with van der Waals surface area (Å²) in [5.41, 5.74) is 5.89. The third-order valence-corrected chi connectivity index (χ3v) is 9.40. The molecule has 2 aliphatic heterocycles. The lowest BCUT2D eigenvalue weighted by Gasteiger charge is -2.36. The van der Waals surface area contributed by atoms with Gasteiger partial charge >= 0.3 is 0 Å². The van der Waals surface area contributed by atoms with E-state index in [4.69, 9.17) is 0 Å². The Hall–Kier alpha value is -1.89. The van der Waals surface area contributed by atoms with E-state index in [0.717, 1.165) is 65.1 Å². The van der Waals surface area contributed by atoms with Crippen molar-refractivity contribution in [2.75, 3.05) is 44.2 Å². The lowest BCUT2D eigenvalue weighted by molar-refractivity contribution is -0.129. The van der Waals surface area contributed by atoms with Gasteiger partial charge in [-0.15, -0.1) is 22.7 Å². The molecular formula is C26H33N3OS2. The van der Waals surface area contributed by atoms with E-state index in [2.05, 4.69) is 47.2 Å². The average Bonchev–Trinajstić information content (AvgIpc) is 3.37. The third kappa shape index (κ3) is 4.20. The number of hydrogen-bond acceptors (Lipinski definition) is 5. The molecule has 32 heavy (non-hydrogen) atoms. The van der Waals surface area contributed by atoms with Crippen LogP contribution >= 0.6 is 22.7 Å². The van der Waals surface area contributed by atoms with Crippen molar-refractivity contribution in [3.8, 4) is 0 Å². The molecule has 3 aromatic rings. The minimum absolute atomic E-state index is 0.204. The maximum atomic E-state index is 11.8. The fraction of sp³-hybridized carbons (Fsp3) is 0.500. The summed E-state index contributed by atoms with van der Waals surface area (Å²) in [6, 6.07) is 6.81. The van der Waals surface area contributed by atoms with Crippen LogP contribution in [0.15, 0.2) is 23.6 Å². The number of carbonyl (C=O) groups excluding carboxylic acids is 1. The van der Waals surface area contributed by atoms with Crippen LogP contribution in [0.3, 0.4) is 0 Å². The van der Waals surface area contributed by atoms with Crippen molar-refractivity contribution in [3.63, 3.8) is 0 Å². The summed E-state index contributed by atoms with van der Waals surface area (Å²) in [7, 11) is 0. The van der Waals surface area contributed by atoms with Crippen LogP contribution in [0.1, 0.15) is 40.3 Å². The first-order valence-corrected chi connectivity index (χ1v) is 13.6. The van der Waals surface area contributed by atoms with Gasteiger partial charge in [0.05, 0.1) is 12.2 Å². The highest BCUT2D eigenvalue weighted by Gasteiger charge is 2.25. The number of rotatable bonds is 5. The Bertz CT molecular complexity index is 1120. The van der Waals surface area contributed by atoms with E-state index >= 15 is 0 Å². The van der Waals surface area contributed by atoms with Gasteiger partial charge in [-0.05, 0) is 49.4 Å². The molecule has 0 spiro atoms. The molecule has 1 fully saturated rings. The van der Waals surface area contributed by atoms with Crippen molar-refractivity contribution >= 4 is 44.4 Å². The number of piperazine rings is 1. The number of hydrogen-bond donors (Lipinski definition) is 0. The summed E-state index contributed by atoms with van der Waals surface area (Å²) in [4.78, 5) is 22.0. The van der Waals surface area contributed by atoms with Crippen LogP contribution in [0.2, 0.25) is 0 Å². The molecule has 0 saturated carbocycles. The molecule has 4 heterocycles. The largest absolute Gasteiger partial charge is 0.368 e. The first-order chi connectivity index (χ1) is 15.5. The molecule has 5 rings (SSSR count). The summed E-state index contributed by atoms with van der Waals surface area (Å²) in [6.07, 6.45) is 3.28. The Balaban J connectivity index is 1.21. The molecule has 0 radical (unpaired) electrons. The molecule has 1 amide bonds. The highest BCUT2D eigenvalue weighted by molar-refractivity contribution is 7.17. The molecule has 2 aliphatic rings. The average molecular weight is 468 g/mol. The van der Waals surface area contributed by atoms with Gasteiger partial charge in [0.2, 0.25) is 5.91 Å².